The van der Waals surface area contributed by atoms with E-state index in [1.807, 2.05) is 26.8 Å². The molecule has 250 valence electrons. The first-order valence-corrected chi connectivity index (χ1v) is 17.6. The molecule has 1 aliphatic carbocycles. The van der Waals surface area contributed by atoms with E-state index in [2.05, 4.69) is 20.6 Å². The van der Waals surface area contributed by atoms with Crippen molar-refractivity contribution in [1.82, 2.24) is 20.6 Å². The van der Waals surface area contributed by atoms with E-state index in [1.54, 1.807) is 51.2 Å². The summed E-state index contributed by atoms with van der Waals surface area (Å²) >= 11 is 0. The third-order valence-corrected chi connectivity index (χ3v) is 11.1. The standard InChI is InChI=1S/C34H52N4O6S/c1-33(2,3)30(40)29(39)27(18-24-15-11-8-12-16-24)37-32(42)28(19-26-20-35-22-36-26)38-31(41)25(17-23-13-9-7-10-14-23)21-45(43,44)34(4,5)6/h7,9-10,13-14,17,20,22,24,27-30,39-40H,8,11-12,15-16,18-19,21H2,1-6H3,(H,35,36)(H,37,42)(H,38,41)/t27-,28-,29+,30+/m0/s1. The van der Waals surface area contributed by atoms with Crippen LogP contribution in [0.25, 0.3) is 6.08 Å². The first kappa shape index (κ1) is 36.4. The Morgan fingerprint density at radius 2 is 1.67 bits per heavy atom. The van der Waals surface area contributed by atoms with Crippen molar-refractivity contribution in [2.75, 3.05) is 5.75 Å². The van der Waals surface area contributed by atoms with E-state index < -0.39 is 61.9 Å². The third-order valence-electron chi connectivity index (χ3n) is 8.57. The number of carbonyl (C=O) groups is 2. The Hall–Kier alpha value is -3.02. The van der Waals surface area contributed by atoms with Gasteiger partial charge in [-0.25, -0.2) is 13.4 Å². The number of nitrogens with one attached hydrogen (secondary N) is 3. The molecule has 45 heavy (non-hydrogen) atoms. The summed E-state index contributed by atoms with van der Waals surface area (Å²) in [7, 11) is -3.74. The number of rotatable bonds is 13. The smallest absolute Gasteiger partial charge is 0.248 e. The van der Waals surface area contributed by atoms with Crippen LogP contribution in [-0.2, 0) is 25.8 Å². The minimum absolute atomic E-state index is 0.000445. The molecule has 0 radical (unpaired) electrons. The first-order valence-electron chi connectivity index (χ1n) is 15.9. The molecule has 2 aromatic rings. The topological polar surface area (TPSA) is 161 Å². The summed E-state index contributed by atoms with van der Waals surface area (Å²) in [6.45, 7) is 10.2. The number of sulfone groups is 1. The Balaban J connectivity index is 1.93. The van der Waals surface area contributed by atoms with Crippen molar-refractivity contribution in [2.45, 2.75) is 116 Å². The van der Waals surface area contributed by atoms with Crippen LogP contribution in [0.4, 0.5) is 0 Å². The van der Waals surface area contributed by atoms with Gasteiger partial charge in [-0.15, -0.1) is 0 Å². The van der Waals surface area contributed by atoms with Gasteiger partial charge in [0.1, 0.15) is 12.1 Å². The van der Waals surface area contributed by atoms with Crippen molar-refractivity contribution in [2.24, 2.45) is 11.3 Å². The van der Waals surface area contributed by atoms with Crippen LogP contribution in [0.3, 0.4) is 0 Å². The zero-order valence-corrected chi connectivity index (χ0v) is 28.4. The van der Waals surface area contributed by atoms with Crippen LogP contribution in [0.5, 0.6) is 0 Å². The van der Waals surface area contributed by atoms with Crippen LogP contribution in [0.2, 0.25) is 0 Å². The number of aliphatic hydroxyl groups excluding tert-OH is 2. The third kappa shape index (κ3) is 10.8. The van der Waals surface area contributed by atoms with Gasteiger partial charge >= 0.3 is 0 Å². The molecule has 2 amide bonds. The monoisotopic (exact) mass is 644 g/mol. The number of hydrogen-bond donors (Lipinski definition) is 5. The Labute approximate surface area is 268 Å². The van der Waals surface area contributed by atoms with Gasteiger partial charge in [0.05, 0.1) is 29.0 Å². The van der Waals surface area contributed by atoms with E-state index in [0.717, 1.165) is 32.1 Å². The molecule has 0 spiro atoms. The van der Waals surface area contributed by atoms with Crippen LogP contribution < -0.4 is 10.6 Å². The number of aromatic amines is 1. The summed E-state index contributed by atoms with van der Waals surface area (Å²) in [5.74, 6) is -1.47. The predicted molar refractivity (Wildman–Crippen MR) is 177 cm³/mol. The number of amides is 2. The lowest BCUT2D eigenvalue weighted by Crippen LogP contribution is -2.57. The molecule has 0 bridgehead atoms. The highest BCUT2D eigenvalue weighted by Gasteiger charge is 2.38. The molecular formula is C34H52N4O6S. The molecule has 1 saturated carbocycles. The Morgan fingerprint density at radius 1 is 1.02 bits per heavy atom. The van der Waals surface area contributed by atoms with Gasteiger partial charge in [0, 0.05) is 23.9 Å². The van der Waals surface area contributed by atoms with Crippen LogP contribution in [-0.4, -0.2) is 75.2 Å². The quantitative estimate of drug-likeness (QED) is 0.206. The number of imidazole rings is 1. The maximum absolute atomic E-state index is 14.0. The van der Waals surface area contributed by atoms with Gasteiger partial charge in [0.15, 0.2) is 9.84 Å². The van der Waals surface area contributed by atoms with Crippen molar-refractivity contribution in [3.8, 4) is 0 Å². The van der Waals surface area contributed by atoms with Gasteiger partial charge in [0.2, 0.25) is 11.8 Å². The minimum atomic E-state index is -3.74. The lowest BCUT2D eigenvalue weighted by atomic mass is 9.79. The van der Waals surface area contributed by atoms with Gasteiger partial charge in [0.25, 0.3) is 0 Å². The highest BCUT2D eigenvalue weighted by molar-refractivity contribution is 7.92. The molecule has 1 aromatic heterocycles. The molecule has 1 aliphatic rings. The van der Waals surface area contributed by atoms with Gasteiger partial charge in [-0.1, -0.05) is 83.2 Å². The molecular weight excluding hydrogens is 592 g/mol. The van der Waals surface area contributed by atoms with E-state index in [-0.39, 0.29) is 17.9 Å². The van der Waals surface area contributed by atoms with Gasteiger partial charge < -0.3 is 25.8 Å². The molecule has 1 heterocycles. The highest BCUT2D eigenvalue weighted by atomic mass is 32.2. The molecule has 5 N–H and O–H groups in total. The van der Waals surface area contributed by atoms with Crippen molar-refractivity contribution >= 4 is 27.7 Å². The largest absolute Gasteiger partial charge is 0.390 e. The fourth-order valence-electron chi connectivity index (χ4n) is 5.50. The minimum Gasteiger partial charge on any atom is -0.390 e. The van der Waals surface area contributed by atoms with Crippen molar-refractivity contribution in [3.05, 3.63) is 59.7 Å². The van der Waals surface area contributed by atoms with Crippen molar-refractivity contribution in [1.29, 1.82) is 0 Å². The summed E-state index contributed by atoms with van der Waals surface area (Å²) in [5.41, 5.74) is 0.605. The number of carbonyl (C=O) groups excluding carboxylic acids is 2. The number of aromatic nitrogens is 2. The van der Waals surface area contributed by atoms with Crippen LogP contribution >= 0.6 is 0 Å². The molecule has 0 saturated heterocycles. The molecule has 4 atom stereocenters. The van der Waals surface area contributed by atoms with Gasteiger partial charge in [-0.2, -0.15) is 0 Å². The average molecular weight is 645 g/mol. The fourth-order valence-corrected chi connectivity index (χ4v) is 6.56. The zero-order chi connectivity index (χ0) is 33.4. The van der Waals surface area contributed by atoms with E-state index in [9.17, 15) is 28.2 Å². The highest BCUT2D eigenvalue weighted by Crippen LogP contribution is 2.31. The van der Waals surface area contributed by atoms with Gasteiger partial charge in [-0.3, -0.25) is 9.59 Å². The molecule has 0 aliphatic heterocycles. The summed E-state index contributed by atoms with van der Waals surface area (Å²) in [6, 6.07) is 7.06. The van der Waals surface area contributed by atoms with Crippen molar-refractivity contribution < 1.29 is 28.2 Å². The number of nitrogens with zero attached hydrogens (tertiary/aromatic N) is 1. The normalized spacial score (nSPS) is 18.1. The second kappa shape index (κ2) is 15.5. The average Bonchev–Trinajstić information content (AvgIpc) is 3.48. The van der Waals surface area contributed by atoms with E-state index in [4.69, 9.17) is 0 Å². The van der Waals surface area contributed by atoms with E-state index in [0.29, 0.717) is 17.7 Å². The fraction of sp³-hybridized carbons (Fsp3) is 0.618. The Bertz CT molecular complexity index is 1370. The predicted octanol–water partition coefficient (Wildman–Crippen LogP) is 3.96. The number of aliphatic hydroxyl groups is 2. The van der Waals surface area contributed by atoms with Gasteiger partial charge in [-0.05, 0) is 50.2 Å². The summed E-state index contributed by atoms with van der Waals surface area (Å²) < 4.78 is 25.3. The molecule has 10 nitrogen and oxygen atoms in total. The summed E-state index contributed by atoms with van der Waals surface area (Å²) in [6.07, 6.45) is 8.04. The number of benzene rings is 1. The van der Waals surface area contributed by atoms with Crippen LogP contribution in [0, 0.1) is 11.3 Å². The number of H-pyrrole nitrogens is 1. The number of hydrogen-bond acceptors (Lipinski definition) is 7. The Kier molecular flexibility index (Phi) is 12.6. The first-order chi connectivity index (χ1) is 21.0. The van der Waals surface area contributed by atoms with E-state index >= 15 is 0 Å². The lowest BCUT2D eigenvalue weighted by molar-refractivity contribution is -0.130. The van der Waals surface area contributed by atoms with Crippen LogP contribution in [0.15, 0.2) is 48.4 Å². The zero-order valence-electron chi connectivity index (χ0n) is 27.5. The molecule has 1 fully saturated rings. The maximum Gasteiger partial charge on any atom is 0.248 e. The maximum atomic E-state index is 14.0. The second-order valence-corrected chi connectivity index (χ2v) is 17.2. The summed E-state index contributed by atoms with van der Waals surface area (Å²) in [4.78, 5) is 34.8. The lowest BCUT2D eigenvalue weighted by Gasteiger charge is -2.37. The SMILES string of the molecule is CC(C)(C)[C@H](O)[C@H](O)[C@H](CC1CCCCC1)NC(=O)[C@H](Cc1cnc[nH]1)NC(=O)C(=Cc1ccccc1)CS(=O)(=O)C(C)(C)C. The molecule has 0 unspecified atom stereocenters. The van der Waals surface area contributed by atoms with E-state index in [1.165, 1.54) is 12.4 Å². The summed E-state index contributed by atoms with van der Waals surface area (Å²) in [5, 5.41) is 28.1. The Morgan fingerprint density at radius 3 is 2.22 bits per heavy atom. The molecule has 11 heteroatoms. The molecule has 1 aromatic carbocycles. The van der Waals surface area contributed by atoms with Crippen molar-refractivity contribution in [3.63, 3.8) is 0 Å². The molecule has 3 rings (SSSR count). The second-order valence-electron chi connectivity index (χ2n) is 14.4. The van der Waals surface area contributed by atoms with Crippen LogP contribution in [0.1, 0.15) is 91.3 Å².